The first-order chi connectivity index (χ1) is 9.42. The highest BCUT2D eigenvalue weighted by Crippen LogP contribution is 2.33. The number of benzene rings is 1. The van der Waals surface area contributed by atoms with Crippen LogP contribution >= 0.6 is 27.3 Å². The van der Waals surface area contributed by atoms with Crippen molar-refractivity contribution in [2.75, 3.05) is 7.11 Å². The molecule has 0 aliphatic carbocycles. The predicted octanol–water partition coefficient (Wildman–Crippen LogP) is 3.87. The van der Waals surface area contributed by atoms with Crippen LogP contribution in [0.1, 0.15) is 30.1 Å². The number of thiazole rings is 1. The van der Waals surface area contributed by atoms with Gasteiger partial charge >= 0.3 is 0 Å². The molecule has 0 saturated heterocycles. The molecule has 0 aliphatic heterocycles. The van der Waals surface area contributed by atoms with Crippen LogP contribution in [0.5, 0.6) is 5.75 Å². The standard InChI is InChI=1S/C14H14BrNO3S/c1-7(8(2)17)4-11(18)14-16-10-5-9(15)12(19-3)6-13(10)20-14/h5-7H,4H2,1-3H3/t7-/m0/s1. The normalized spacial score (nSPS) is 12.4. The number of halogens is 1. The number of carbonyl (C=O) groups excluding carboxylic acids is 2. The average Bonchev–Trinajstić information content (AvgIpc) is 2.80. The molecule has 0 amide bonds. The molecule has 2 rings (SSSR count). The summed E-state index contributed by atoms with van der Waals surface area (Å²) >= 11 is 4.72. The molecule has 20 heavy (non-hydrogen) atoms. The Morgan fingerprint density at radius 2 is 2.15 bits per heavy atom. The Labute approximate surface area is 129 Å². The number of Topliss-reactive ketones (excluding diaryl/α,β-unsaturated/α-hetero) is 2. The molecule has 1 aromatic carbocycles. The molecule has 0 radical (unpaired) electrons. The fourth-order valence-corrected chi connectivity index (χ4v) is 3.13. The molecule has 6 heteroatoms. The smallest absolute Gasteiger partial charge is 0.192 e. The Bertz CT molecular complexity index is 680. The van der Waals surface area contributed by atoms with Crippen LogP contribution in [0.2, 0.25) is 0 Å². The number of ketones is 2. The maximum Gasteiger partial charge on any atom is 0.192 e. The van der Waals surface area contributed by atoms with Crippen LogP contribution in [0.3, 0.4) is 0 Å². The lowest BCUT2D eigenvalue weighted by atomic mass is 10.0. The predicted molar refractivity (Wildman–Crippen MR) is 82.7 cm³/mol. The highest BCUT2D eigenvalue weighted by atomic mass is 79.9. The van der Waals surface area contributed by atoms with Crippen LogP contribution in [0, 0.1) is 5.92 Å². The first-order valence-corrected chi connectivity index (χ1v) is 7.71. The van der Waals surface area contributed by atoms with Gasteiger partial charge in [-0.25, -0.2) is 4.98 Å². The van der Waals surface area contributed by atoms with Crippen LogP contribution in [-0.4, -0.2) is 23.7 Å². The van der Waals surface area contributed by atoms with Crippen molar-refractivity contribution in [2.24, 2.45) is 5.92 Å². The third kappa shape index (κ3) is 3.07. The Morgan fingerprint density at radius 1 is 1.45 bits per heavy atom. The number of fused-ring (bicyclic) bond motifs is 1. The molecule has 1 atom stereocenters. The van der Waals surface area contributed by atoms with E-state index in [9.17, 15) is 9.59 Å². The van der Waals surface area contributed by atoms with E-state index in [-0.39, 0.29) is 23.9 Å². The summed E-state index contributed by atoms with van der Waals surface area (Å²) in [5.41, 5.74) is 0.751. The minimum atomic E-state index is -0.268. The second kappa shape index (κ2) is 6.01. The van der Waals surface area contributed by atoms with Crippen LogP contribution in [0.4, 0.5) is 0 Å². The van der Waals surface area contributed by atoms with E-state index >= 15 is 0 Å². The summed E-state index contributed by atoms with van der Waals surface area (Å²) in [6.45, 7) is 3.26. The number of rotatable bonds is 5. The second-order valence-electron chi connectivity index (χ2n) is 4.61. The molecule has 0 fully saturated rings. The maximum atomic E-state index is 12.1. The van der Waals surface area contributed by atoms with Crippen LogP contribution < -0.4 is 4.74 Å². The molecule has 4 nitrogen and oxygen atoms in total. The molecule has 1 aromatic heterocycles. The molecule has 0 spiro atoms. The van der Waals surface area contributed by atoms with Gasteiger partial charge in [-0.1, -0.05) is 6.92 Å². The van der Waals surface area contributed by atoms with E-state index in [0.717, 1.165) is 14.7 Å². The molecule has 106 valence electrons. The Kier molecular flexibility index (Phi) is 4.55. The SMILES string of the molecule is COc1cc2sc(C(=O)C[C@H](C)C(C)=O)nc2cc1Br. The van der Waals surface area contributed by atoms with Crippen molar-refractivity contribution in [3.8, 4) is 5.75 Å². The number of nitrogens with zero attached hydrogens (tertiary/aromatic N) is 1. The summed E-state index contributed by atoms with van der Waals surface area (Å²) in [6.07, 6.45) is 0.202. The van der Waals surface area contributed by atoms with Gasteiger partial charge in [0.05, 0.1) is 21.8 Å². The molecule has 0 saturated carbocycles. The van der Waals surface area contributed by atoms with Crippen molar-refractivity contribution < 1.29 is 14.3 Å². The molecular formula is C14H14BrNO3S. The fraction of sp³-hybridized carbons (Fsp3) is 0.357. The maximum absolute atomic E-state index is 12.1. The number of ether oxygens (including phenoxy) is 1. The first-order valence-electron chi connectivity index (χ1n) is 6.10. The van der Waals surface area contributed by atoms with E-state index in [1.807, 2.05) is 12.1 Å². The summed E-state index contributed by atoms with van der Waals surface area (Å²) in [5, 5.41) is 0.438. The summed E-state index contributed by atoms with van der Waals surface area (Å²) in [7, 11) is 1.59. The van der Waals surface area contributed by atoms with Crippen molar-refractivity contribution in [1.29, 1.82) is 0 Å². The molecular weight excluding hydrogens is 342 g/mol. The van der Waals surface area contributed by atoms with Crippen molar-refractivity contribution >= 4 is 49.0 Å². The highest BCUT2D eigenvalue weighted by molar-refractivity contribution is 9.10. The lowest BCUT2D eigenvalue weighted by Crippen LogP contribution is -2.12. The Balaban J connectivity index is 2.32. The van der Waals surface area contributed by atoms with Crippen LogP contribution in [-0.2, 0) is 4.79 Å². The second-order valence-corrected chi connectivity index (χ2v) is 6.50. The monoisotopic (exact) mass is 355 g/mol. The molecule has 1 heterocycles. The summed E-state index contributed by atoms with van der Waals surface area (Å²) in [6, 6.07) is 3.68. The summed E-state index contributed by atoms with van der Waals surface area (Å²) in [5.74, 6) is 0.362. The van der Waals surface area contributed by atoms with E-state index in [1.54, 1.807) is 14.0 Å². The van der Waals surface area contributed by atoms with E-state index in [0.29, 0.717) is 10.8 Å². The number of hydrogen-bond acceptors (Lipinski definition) is 5. The zero-order valence-electron chi connectivity index (χ0n) is 11.4. The number of carbonyl (C=O) groups is 2. The van der Waals surface area contributed by atoms with Gasteiger partial charge in [0, 0.05) is 18.4 Å². The lowest BCUT2D eigenvalue weighted by molar-refractivity contribution is -0.120. The fourth-order valence-electron chi connectivity index (χ4n) is 1.71. The third-order valence-electron chi connectivity index (χ3n) is 3.09. The van der Waals surface area contributed by atoms with E-state index < -0.39 is 0 Å². The quantitative estimate of drug-likeness (QED) is 0.764. The van der Waals surface area contributed by atoms with Gasteiger partial charge in [0.15, 0.2) is 10.8 Å². The first kappa shape index (κ1) is 15.1. The topological polar surface area (TPSA) is 56.3 Å². The number of methoxy groups -OCH3 is 1. The zero-order chi connectivity index (χ0) is 14.9. The van der Waals surface area contributed by atoms with Crippen LogP contribution in [0.15, 0.2) is 16.6 Å². The van der Waals surface area contributed by atoms with Gasteiger partial charge < -0.3 is 4.74 Å². The van der Waals surface area contributed by atoms with Gasteiger partial charge in [0.2, 0.25) is 0 Å². The van der Waals surface area contributed by atoms with E-state index in [2.05, 4.69) is 20.9 Å². The minimum Gasteiger partial charge on any atom is -0.496 e. The van der Waals surface area contributed by atoms with E-state index in [4.69, 9.17) is 4.74 Å². The van der Waals surface area contributed by atoms with Gasteiger partial charge in [-0.05, 0) is 28.9 Å². The Hall–Kier alpha value is -1.27. The number of hydrogen-bond donors (Lipinski definition) is 0. The average molecular weight is 356 g/mol. The summed E-state index contributed by atoms with van der Waals surface area (Å²) in [4.78, 5) is 27.7. The Morgan fingerprint density at radius 3 is 2.75 bits per heavy atom. The number of aromatic nitrogens is 1. The molecule has 0 aliphatic rings. The van der Waals surface area contributed by atoms with Crippen molar-refractivity contribution in [2.45, 2.75) is 20.3 Å². The van der Waals surface area contributed by atoms with Crippen LogP contribution in [0.25, 0.3) is 10.2 Å². The van der Waals surface area contributed by atoms with Crippen molar-refractivity contribution in [3.05, 3.63) is 21.6 Å². The third-order valence-corrected chi connectivity index (χ3v) is 4.77. The van der Waals surface area contributed by atoms with Gasteiger partial charge in [0.25, 0.3) is 0 Å². The minimum absolute atomic E-state index is 0.0175. The highest BCUT2D eigenvalue weighted by Gasteiger charge is 2.18. The largest absolute Gasteiger partial charge is 0.496 e. The molecule has 0 bridgehead atoms. The van der Waals surface area contributed by atoms with E-state index in [1.165, 1.54) is 18.3 Å². The van der Waals surface area contributed by atoms with Crippen molar-refractivity contribution in [3.63, 3.8) is 0 Å². The van der Waals surface area contributed by atoms with Crippen molar-refractivity contribution in [1.82, 2.24) is 4.98 Å². The van der Waals surface area contributed by atoms with Gasteiger partial charge in [-0.15, -0.1) is 11.3 Å². The molecule has 0 unspecified atom stereocenters. The van der Waals surface area contributed by atoms with Gasteiger partial charge in [0.1, 0.15) is 11.5 Å². The zero-order valence-corrected chi connectivity index (χ0v) is 13.8. The van der Waals surface area contributed by atoms with Gasteiger partial charge in [-0.3, -0.25) is 9.59 Å². The van der Waals surface area contributed by atoms with Gasteiger partial charge in [-0.2, -0.15) is 0 Å². The summed E-state index contributed by atoms with van der Waals surface area (Å²) < 4.78 is 6.91. The lowest BCUT2D eigenvalue weighted by Gasteiger charge is -2.03. The molecule has 0 N–H and O–H groups in total. The molecule has 2 aromatic rings.